The van der Waals surface area contributed by atoms with Crippen LogP contribution in [0.25, 0.3) is 0 Å². The Balaban J connectivity index is 6.80. The van der Waals surface area contributed by atoms with Crippen LogP contribution in [0.5, 0.6) is 0 Å². The van der Waals surface area contributed by atoms with E-state index in [0.717, 1.165) is 0 Å². The normalized spacial score (nSPS) is 15.7. The Labute approximate surface area is 162 Å². The average Bonchev–Trinajstić information content (AvgIpc) is 2.59. The Hall–Kier alpha value is -2.05. The van der Waals surface area contributed by atoms with Crippen molar-refractivity contribution in [3.63, 3.8) is 0 Å². The summed E-state index contributed by atoms with van der Waals surface area (Å²) >= 11 is 0. The van der Waals surface area contributed by atoms with Crippen LogP contribution in [0, 0.1) is 0 Å². The van der Waals surface area contributed by atoms with Gasteiger partial charge in [-0.2, -0.15) is 70.2 Å². The molecule has 0 atom stereocenters. The summed E-state index contributed by atoms with van der Waals surface area (Å²) in [6, 6.07) is 0. The molecule has 0 spiro atoms. The summed E-state index contributed by atoms with van der Waals surface area (Å²) in [5.74, 6) is -61.9. The van der Waals surface area contributed by atoms with Gasteiger partial charge in [-0.25, -0.2) is 13.6 Å². The number of carbonyl (C=O) groups is 1. The van der Waals surface area contributed by atoms with E-state index in [-0.39, 0.29) is 0 Å². The lowest BCUT2D eigenvalue weighted by atomic mass is 9.89. The smallest absolute Gasteiger partial charge is 0.393 e. The van der Waals surface area contributed by atoms with Gasteiger partial charge in [0.2, 0.25) is 0 Å². The second-order valence-corrected chi connectivity index (χ2v) is 5.51. The van der Waals surface area contributed by atoms with Crippen LogP contribution in [-0.2, 0) is 9.53 Å². The van der Waals surface area contributed by atoms with E-state index < -0.39 is 66.0 Å². The van der Waals surface area contributed by atoms with Crippen LogP contribution in [0.1, 0.15) is 0 Å². The van der Waals surface area contributed by atoms with Gasteiger partial charge in [0, 0.05) is 6.08 Å². The van der Waals surface area contributed by atoms with Crippen molar-refractivity contribution in [1.82, 2.24) is 0 Å². The molecule has 32 heavy (non-hydrogen) atoms. The largest absolute Gasteiger partial charge is 0.473 e. The minimum atomic E-state index is -8.84. The molecular formula is C12H4F18O2. The molecule has 0 aliphatic heterocycles. The lowest BCUT2D eigenvalue weighted by Gasteiger charge is -2.43. The summed E-state index contributed by atoms with van der Waals surface area (Å²) in [5, 5.41) is 0. The highest BCUT2D eigenvalue weighted by Gasteiger charge is 2.96. The molecular weight excluding hydrogens is 518 g/mol. The molecule has 0 saturated heterocycles. The van der Waals surface area contributed by atoms with E-state index in [0.29, 0.717) is 0 Å². The highest BCUT2D eigenvalue weighted by molar-refractivity contribution is 5.81. The van der Waals surface area contributed by atoms with Crippen molar-refractivity contribution in [1.29, 1.82) is 0 Å². The lowest BCUT2D eigenvalue weighted by Crippen LogP contribution is -2.75. The lowest BCUT2D eigenvalue weighted by molar-refractivity contribution is -0.470. The molecule has 0 heterocycles. The minimum absolute atomic E-state index is 0.504. The Kier molecular flexibility index (Phi) is 7.27. The van der Waals surface area contributed by atoms with Gasteiger partial charge in [-0.3, -0.25) is 0 Å². The molecule has 20 heteroatoms. The van der Waals surface area contributed by atoms with E-state index in [1.807, 2.05) is 0 Å². The van der Waals surface area contributed by atoms with Gasteiger partial charge >= 0.3 is 60.0 Å². The van der Waals surface area contributed by atoms with Gasteiger partial charge in [-0.05, 0) is 0 Å². The predicted octanol–water partition coefficient (Wildman–Crippen LogP) is 6.02. The summed E-state index contributed by atoms with van der Waals surface area (Å²) in [5.41, 5.74) is 0. The van der Waals surface area contributed by atoms with E-state index in [9.17, 15) is 83.8 Å². The Morgan fingerprint density at radius 3 is 1.16 bits per heavy atom. The molecule has 0 unspecified atom stereocenters. The molecule has 0 rings (SSSR count). The zero-order valence-electron chi connectivity index (χ0n) is 14.0. The van der Waals surface area contributed by atoms with Crippen molar-refractivity contribution >= 4 is 5.97 Å². The molecule has 0 aliphatic rings. The summed E-state index contributed by atoms with van der Waals surface area (Å²) in [6.07, 6.45) is -13.8. The number of carbonyl (C=O) groups excluding carboxylic acids is 1. The number of hydrogen-bond acceptors (Lipinski definition) is 2. The predicted molar refractivity (Wildman–Crippen MR) is 61.9 cm³/mol. The monoisotopic (exact) mass is 522 g/mol. The van der Waals surface area contributed by atoms with Gasteiger partial charge in [-0.15, -0.1) is 0 Å². The third-order valence-electron chi connectivity index (χ3n) is 3.43. The second kappa shape index (κ2) is 7.77. The fraction of sp³-hybridized carbons (Fsp3) is 0.750. The topological polar surface area (TPSA) is 26.3 Å². The van der Waals surface area contributed by atoms with Crippen molar-refractivity contribution in [3.05, 3.63) is 12.7 Å². The Morgan fingerprint density at radius 1 is 0.594 bits per heavy atom. The molecule has 0 N–H and O–H groups in total. The van der Waals surface area contributed by atoms with E-state index in [2.05, 4.69) is 11.3 Å². The van der Waals surface area contributed by atoms with Crippen LogP contribution in [0.4, 0.5) is 79.0 Å². The van der Waals surface area contributed by atoms with Gasteiger partial charge in [0.1, 0.15) is 0 Å². The van der Waals surface area contributed by atoms with Gasteiger partial charge in [-0.1, -0.05) is 6.58 Å². The summed E-state index contributed by atoms with van der Waals surface area (Å²) < 4.78 is 236. The van der Waals surface area contributed by atoms with Crippen LogP contribution in [-0.4, -0.2) is 60.0 Å². The maximum atomic E-state index is 13.3. The van der Waals surface area contributed by atoms with Gasteiger partial charge in [0.25, 0.3) is 0 Å². The number of ether oxygens (including phenoxy) is 1. The third kappa shape index (κ3) is 3.71. The van der Waals surface area contributed by atoms with Gasteiger partial charge in [0.15, 0.2) is 0 Å². The molecule has 0 saturated carbocycles. The molecule has 0 fully saturated rings. The van der Waals surface area contributed by atoms with Crippen molar-refractivity contribution in [2.45, 2.75) is 54.0 Å². The molecule has 0 aromatic heterocycles. The van der Waals surface area contributed by atoms with Crippen molar-refractivity contribution in [2.75, 3.05) is 0 Å². The van der Waals surface area contributed by atoms with E-state index in [1.165, 1.54) is 0 Å². The summed E-state index contributed by atoms with van der Waals surface area (Å²) in [4.78, 5) is 10.4. The minimum Gasteiger partial charge on any atom is -0.393 e. The molecule has 0 aromatic carbocycles. The van der Waals surface area contributed by atoms with Crippen molar-refractivity contribution < 1.29 is 88.6 Å². The van der Waals surface area contributed by atoms with E-state index in [1.54, 1.807) is 0 Å². The number of hydrogen-bond donors (Lipinski definition) is 0. The molecule has 0 bridgehead atoms. The Bertz CT molecular complexity index is 723. The van der Waals surface area contributed by atoms with E-state index >= 15 is 0 Å². The zero-order chi connectivity index (χ0) is 26.6. The summed E-state index contributed by atoms with van der Waals surface area (Å²) in [6.45, 7) is 2.25. The maximum Gasteiger partial charge on any atom is 0.473 e. The highest BCUT2D eigenvalue weighted by Crippen LogP contribution is 2.64. The number of halogens is 18. The first-order chi connectivity index (χ1) is 13.6. The van der Waals surface area contributed by atoms with Crippen LogP contribution in [0.3, 0.4) is 0 Å². The van der Waals surface area contributed by atoms with E-state index in [4.69, 9.17) is 0 Å². The quantitative estimate of drug-likeness (QED) is 0.199. The molecule has 2 nitrogen and oxygen atoms in total. The van der Waals surface area contributed by atoms with Crippen LogP contribution in [0.15, 0.2) is 12.7 Å². The number of rotatable bonds is 10. The zero-order valence-corrected chi connectivity index (χ0v) is 14.0. The number of esters is 1. The van der Waals surface area contributed by atoms with Crippen LogP contribution in [0.2, 0.25) is 0 Å². The maximum absolute atomic E-state index is 13.3. The van der Waals surface area contributed by atoms with Crippen LogP contribution >= 0.6 is 0 Å². The standard InChI is InChI=1S/C12H4F18O2/c1-2-3(31)32-12(29,30)11(27,28)10(25,26)9(23,24)8(21,22)7(19,20)6(17,18)5(15,16)4(13)14/h2,4H,1H2. The molecule has 0 radical (unpaired) electrons. The third-order valence-corrected chi connectivity index (χ3v) is 3.43. The summed E-state index contributed by atoms with van der Waals surface area (Å²) in [7, 11) is 0. The first-order valence-electron chi connectivity index (χ1n) is 6.81. The SMILES string of the molecule is C=CC(=O)OC(F)(F)C(F)(F)C(F)(F)C(F)(F)C(F)(F)C(F)(F)C(F)(F)C(F)(F)C(F)F. The number of alkyl halides is 18. The molecule has 0 aliphatic carbocycles. The molecule has 190 valence electrons. The highest BCUT2D eigenvalue weighted by atomic mass is 19.4. The first kappa shape index (κ1) is 29.9. The fourth-order valence-electron chi connectivity index (χ4n) is 1.55. The van der Waals surface area contributed by atoms with Gasteiger partial charge < -0.3 is 4.74 Å². The molecule has 0 aromatic rings. The molecule has 0 amide bonds. The average molecular weight is 522 g/mol. The van der Waals surface area contributed by atoms with Crippen LogP contribution < -0.4 is 0 Å². The fourth-order valence-corrected chi connectivity index (χ4v) is 1.55. The van der Waals surface area contributed by atoms with Gasteiger partial charge in [0.05, 0.1) is 0 Å². The first-order valence-corrected chi connectivity index (χ1v) is 6.81. The Morgan fingerprint density at radius 2 is 0.875 bits per heavy atom. The second-order valence-electron chi connectivity index (χ2n) is 5.51. The van der Waals surface area contributed by atoms with Crippen molar-refractivity contribution in [2.24, 2.45) is 0 Å². The van der Waals surface area contributed by atoms with Crippen molar-refractivity contribution in [3.8, 4) is 0 Å².